The van der Waals surface area contributed by atoms with Crippen LogP contribution in [0.1, 0.15) is 63.0 Å². The molecule has 4 saturated carbocycles. The molecule has 150 valence electrons. The first-order chi connectivity index (χ1) is 13.4. The van der Waals surface area contributed by atoms with E-state index in [1.54, 1.807) is 4.90 Å². The highest BCUT2D eigenvalue weighted by atomic mass is 16.2. The summed E-state index contributed by atoms with van der Waals surface area (Å²) in [5, 5.41) is 0. The van der Waals surface area contributed by atoms with E-state index < -0.39 is 0 Å². The number of benzene rings is 1. The Balaban J connectivity index is 1.26. The number of nitrogens with zero attached hydrogens (tertiary/aromatic N) is 1. The highest BCUT2D eigenvalue weighted by Gasteiger charge is 2.52. The van der Waals surface area contributed by atoms with Crippen LogP contribution in [0.15, 0.2) is 24.3 Å². The molecule has 0 spiro atoms. The van der Waals surface area contributed by atoms with Crippen LogP contribution in [-0.2, 0) is 16.0 Å². The van der Waals surface area contributed by atoms with Crippen molar-refractivity contribution >= 4 is 11.8 Å². The van der Waals surface area contributed by atoms with Gasteiger partial charge in [0.05, 0.1) is 5.92 Å². The molecule has 3 heteroatoms. The summed E-state index contributed by atoms with van der Waals surface area (Å²) >= 11 is 0. The minimum Gasteiger partial charge on any atom is -0.282 e. The molecule has 0 N–H and O–H groups in total. The fourth-order valence-electron chi connectivity index (χ4n) is 7.35. The summed E-state index contributed by atoms with van der Waals surface area (Å²) in [5.41, 5.74) is 2.81. The van der Waals surface area contributed by atoms with E-state index in [9.17, 15) is 9.59 Å². The van der Waals surface area contributed by atoms with Crippen LogP contribution >= 0.6 is 0 Å². The van der Waals surface area contributed by atoms with E-state index in [2.05, 4.69) is 31.2 Å². The Kier molecular flexibility index (Phi) is 4.41. The van der Waals surface area contributed by atoms with E-state index in [0.29, 0.717) is 18.4 Å². The maximum absolute atomic E-state index is 13.1. The Labute approximate surface area is 168 Å². The van der Waals surface area contributed by atoms with Gasteiger partial charge in [-0.1, -0.05) is 36.8 Å². The number of aryl methyl sites for hydroxylation is 1. The van der Waals surface area contributed by atoms with Crippen molar-refractivity contribution in [1.29, 1.82) is 0 Å². The molecule has 0 unspecified atom stereocenters. The number of carbonyl (C=O) groups excluding carboxylic acids is 2. The van der Waals surface area contributed by atoms with Crippen LogP contribution in [0.25, 0.3) is 0 Å². The van der Waals surface area contributed by atoms with Crippen molar-refractivity contribution < 1.29 is 9.59 Å². The summed E-state index contributed by atoms with van der Waals surface area (Å²) in [6.07, 6.45) is 10.1. The maximum Gasteiger partial charge on any atom is 0.233 e. The van der Waals surface area contributed by atoms with Gasteiger partial charge < -0.3 is 0 Å². The molecule has 1 saturated heterocycles. The molecule has 2 atom stereocenters. The van der Waals surface area contributed by atoms with Gasteiger partial charge in [-0.05, 0) is 87.0 Å². The molecule has 1 aliphatic heterocycles. The summed E-state index contributed by atoms with van der Waals surface area (Å²) in [7, 11) is 0. The second kappa shape index (κ2) is 6.71. The summed E-state index contributed by atoms with van der Waals surface area (Å²) in [6.45, 7) is 4.67. The van der Waals surface area contributed by atoms with Crippen LogP contribution in [0, 0.1) is 41.9 Å². The fourth-order valence-corrected chi connectivity index (χ4v) is 7.35. The van der Waals surface area contributed by atoms with Crippen molar-refractivity contribution in [2.24, 2.45) is 35.0 Å². The zero-order chi connectivity index (χ0) is 19.5. The van der Waals surface area contributed by atoms with Gasteiger partial charge in [0, 0.05) is 12.5 Å². The van der Waals surface area contributed by atoms with Crippen LogP contribution < -0.4 is 0 Å². The van der Waals surface area contributed by atoms with E-state index in [1.807, 2.05) is 6.92 Å². The number of imide groups is 1. The minimum atomic E-state index is -0.190. The Morgan fingerprint density at radius 2 is 1.50 bits per heavy atom. The van der Waals surface area contributed by atoms with E-state index >= 15 is 0 Å². The lowest BCUT2D eigenvalue weighted by Crippen LogP contribution is -2.47. The second-order valence-electron chi connectivity index (χ2n) is 10.6. The van der Waals surface area contributed by atoms with Gasteiger partial charge in [-0.3, -0.25) is 14.5 Å². The molecule has 3 nitrogen and oxygen atoms in total. The molecule has 0 aromatic heterocycles. The number of rotatable bonds is 5. The predicted molar refractivity (Wildman–Crippen MR) is 109 cm³/mol. The number of carbonyl (C=O) groups is 2. The lowest BCUT2D eigenvalue weighted by Gasteiger charge is -2.57. The van der Waals surface area contributed by atoms with Crippen molar-refractivity contribution in [3.63, 3.8) is 0 Å². The third-order valence-electron chi connectivity index (χ3n) is 8.45. The molecule has 1 heterocycles. The number of likely N-dealkylation sites (tertiary alicyclic amines) is 1. The van der Waals surface area contributed by atoms with Crippen molar-refractivity contribution in [3.05, 3.63) is 35.4 Å². The van der Waals surface area contributed by atoms with Gasteiger partial charge in [-0.25, -0.2) is 0 Å². The maximum atomic E-state index is 13.1. The van der Waals surface area contributed by atoms with Crippen molar-refractivity contribution in [2.75, 3.05) is 6.54 Å². The SMILES string of the molecule is Cc1ccc(C[C@@H]2C(=O)N(CCC34CC5CC(CC(C5)C3)C4)C(=O)[C@@H]2C)cc1. The zero-order valence-electron chi connectivity index (χ0n) is 17.3. The summed E-state index contributed by atoms with van der Waals surface area (Å²) < 4.78 is 0. The molecule has 4 aliphatic carbocycles. The molecule has 5 fully saturated rings. The predicted octanol–water partition coefficient (Wildman–Crippen LogP) is 4.77. The third-order valence-corrected chi connectivity index (χ3v) is 8.45. The van der Waals surface area contributed by atoms with Crippen LogP contribution in [-0.4, -0.2) is 23.3 Å². The molecule has 6 rings (SSSR count). The largest absolute Gasteiger partial charge is 0.282 e. The molecular formula is C25H33NO2. The third kappa shape index (κ3) is 3.11. The first kappa shape index (κ1) is 18.4. The van der Waals surface area contributed by atoms with E-state index in [4.69, 9.17) is 0 Å². The van der Waals surface area contributed by atoms with Crippen LogP contribution in [0.5, 0.6) is 0 Å². The molecule has 1 aromatic rings. The Hall–Kier alpha value is -1.64. The normalized spacial score (nSPS) is 39.2. The van der Waals surface area contributed by atoms with Crippen molar-refractivity contribution in [2.45, 2.75) is 65.2 Å². The van der Waals surface area contributed by atoms with Crippen LogP contribution in [0.4, 0.5) is 0 Å². The van der Waals surface area contributed by atoms with Crippen molar-refractivity contribution in [1.82, 2.24) is 4.90 Å². The number of hydrogen-bond acceptors (Lipinski definition) is 2. The fraction of sp³-hybridized carbons (Fsp3) is 0.680. The van der Waals surface area contributed by atoms with Crippen LogP contribution in [0.2, 0.25) is 0 Å². The summed E-state index contributed by atoms with van der Waals surface area (Å²) in [4.78, 5) is 27.6. The van der Waals surface area contributed by atoms with Gasteiger partial charge in [0.25, 0.3) is 0 Å². The molecular weight excluding hydrogens is 346 g/mol. The van der Waals surface area contributed by atoms with E-state index in [0.717, 1.165) is 29.7 Å². The topological polar surface area (TPSA) is 37.4 Å². The van der Waals surface area contributed by atoms with Gasteiger partial charge >= 0.3 is 0 Å². The average molecular weight is 380 g/mol. The molecule has 5 aliphatic rings. The van der Waals surface area contributed by atoms with Gasteiger partial charge in [0.2, 0.25) is 11.8 Å². The molecule has 1 aromatic carbocycles. The standard InChI is InChI=1S/C25H33NO2/c1-16-3-5-18(6-4-16)12-22-17(2)23(27)26(24(22)28)8-7-25-13-19-9-20(14-25)11-21(10-19)15-25/h3-6,17,19-22H,7-15H2,1-2H3/t17-,19?,20?,21?,22+,25?/m1/s1. The quantitative estimate of drug-likeness (QED) is 0.692. The monoisotopic (exact) mass is 379 g/mol. The van der Waals surface area contributed by atoms with E-state index in [-0.39, 0.29) is 23.7 Å². The Bertz CT molecular complexity index is 745. The van der Waals surface area contributed by atoms with Gasteiger partial charge in [0.1, 0.15) is 0 Å². The molecule has 2 amide bonds. The van der Waals surface area contributed by atoms with Gasteiger partial charge in [-0.15, -0.1) is 0 Å². The minimum absolute atomic E-state index is 0.0619. The lowest BCUT2D eigenvalue weighted by molar-refractivity contribution is -0.141. The zero-order valence-corrected chi connectivity index (χ0v) is 17.3. The van der Waals surface area contributed by atoms with Gasteiger partial charge in [-0.2, -0.15) is 0 Å². The number of hydrogen-bond donors (Lipinski definition) is 0. The average Bonchev–Trinajstić information content (AvgIpc) is 2.84. The van der Waals surface area contributed by atoms with Gasteiger partial charge in [0.15, 0.2) is 0 Å². The summed E-state index contributed by atoms with van der Waals surface area (Å²) in [6, 6.07) is 8.37. The smallest absolute Gasteiger partial charge is 0.233 e. The number of amides is 2. The van der Waals surface area contributed by atoms with E-state index in [1.165, 1.54) is 44.1 Å². The highest BCUT2D eigenvalue weighted by Crippen LogP contribution is 2.61. The second-order valence-corrected chi connectivity index (χ2v) is 10.6. The molecule has 4 bridgehead atoms. The Morgan fingerprint density at radius 3 is 2.07 bits per heavy atom. The van der Waals surface area contributed by atoms with Crippen LogP contribution in [0.3, 0.4) is 0 Å². The molecule has 28 heavy (non-hydrogen) atoms. The summed E-state index contributed by atoms with van der Waals surface area (Å²) in [5.74, 6) is 2.52. The first-order valence-corrected chi connectivity index (χ1v) is 11.3. The first-order valence-electron chi connectivity index (χ1n) is 11.3. The lowest BCUT2D eigenvalue weighted by atomic mass is 9.49. The Morgan fingerprint density at radius 1 is 0.929 bits per heavy atom. The van der Waals surface area contributed by atoms with Crippen molar-refractivity contribution in [3.8, 4) is 0 Å². The highest BCUT2D eigenvalue weighted by molar-refractivity contribution is 6.05. The molecule has 0 radical (unpaired) electrons.